The molecule has 5 heteroatoms. The number of halogens is 2. The fraction of sp³-hybridized carbons (Fsp3) is 0.312. The normalized spacial score (nSPS) is 12.2. The maximum atomic E-state index is 13.4. The quantitative estimate of drug-likeness (QED) is 0.850. The summed E-state index contributed by atoms with van der Waals surface area (Å²) in [6, 6.07) is 6.88. The minimum absolute atomic E-state index is 0.0698. The van der Waals surface area contributed by atoms with Crippen LogP contribution in [0.2, 0.25) is 0 Å². The summed E-state index contributed by atoms with van der Waals surface area (Å²) in [5.74, 6) is 0.475. The van der Waals surface area contributed by atoms with E-state index in [1.807, 2.05) is 13.1 Å². The smallest absolute Gasteiger partial charge is 0.137 e. The zero-order valence-electron chi connectivity index (χ0n) is 12.1. The molecule has 1 heterocycles. The fourth-order valence-electron chi connectivity index (χ4n) is 2.11. The summed E-state index contributed by atoms with van der Waals surface area (Å²) in [5, 5.41) is 3.23. The molecule has 0 saturated heterocycles. The molecule has 1 atom stereocenters. The van der Waals surface area contributed by atoms with E-state index in [1.54, 1.807) is 24.5 Å². The van der Waals surface area contributed by atoms with Crippen molar-refractivity contribution in [1.29, 1.82) is 0 Å². The molecule has 1 unspecified atom stereocenters. The Morgan fingerprint density at radius 2 is 2.10 bits per heavy atom. The first-order chi connectivity index (χ1) is 10.2. The largest absolute Gasteiger partial charge is 0.492 e. The number of hydrogen-bond acceptors (Lipinski definition) is 3. The number of ether oxygens (including phenoxy) is 1. The van der Waals surface area contributed by atoms with Gasteiger partial charge in [0.05, 0.1) is 23.3 Å². The number of pyridine rings is 1. The van der Waals surface area contributed by atoms with Gasteiger partial charge in [-0.05, 0) is 58.7 Å². The first-order valence-corrected chi connectivity index (χ1v) is 7.65. The molecule has 0 fully saturated rings. The highest BCUT2D eigenvalue weighted by molar-refractivity contribution is 9.10. The monoisotopic (exact) mass is 352 g/mol. The van der Waals surface area contributed by atoms with Crippen molar-refractivity contribution in [2.75, 3.05) is 13.7 Å². The average molecular weight is 353 g/mol. The molecular weight excluding hydrogens is 335 g/mol. The van der Waals surface area contributed by atoms with Crippen LogP contribution in [0.4, 0.5) is 4.39 Å². The number of benzene rings is 1. The predicted molar refractivity (Wildman–Crippen MR) is 85.0 cm³/mol. The maximum absolute atomic E-state index is 13.4. The number of nitrogens with one attached hydrogen (secondary N) is 1. The van der Waals surface area contributed by atoms with Gasteiger partial charge in [-0.15, -0.1) is 0 Å². The van der Waals surface area contributed by atoms with Gasteiger partial charge in [-0.25, -0.2) is 4.39 Å². The summed E-state index contributed by atoms with van der Waals surface area (Å²) >= 11 is 3.22. The predicted octanol–water partition coefficient (Wildman–Crippen LogP) is 4.08. The van der Waals surface area contributed by atoms with E-state index in [-0.39, 0.29) is 11.9 Å². The maximum Gasteiger partial charge on any atom is 0.137 e. The topological polar surface area (TPSA) is 34.1 Å². The van der Waals surface area contributed by atoms with Crippen molar-refractivity contribution in [2.45, 2.75) is 19.4 Å². The lowest BCUT2D eigenvalue weighted by molar-refractivity contribution is 0.315. The molecule has 0 saturated carbocycles. The van der Waals surface area contributed by atoms with Crippen LogP contribution < -0.4 is 10.1 Å². The van der Waals surface area contributed by atoms with Crippen molar-refractivity contribution in [3.05, 3.63) is 58.1 Å². The van der Waals surface area contributed by atoms with Crippen molar-refractivity contribution >= 4 is 15.9 Å². The van der Waals surface area contributed by atoms with E-state index in [9.17, 15) is 4.39 Å². The van der Waals surface area contributed by atoms with Crippen LogP contribution in [0, 0.1) is 5.82 Å². The number of hydrogen-bond donors (Lipinski definition) is 1. The Balaban J connectivity index is 2.30. The van der Waals surface area contributed by atoms with Gasteiger partial charge in [-0.3, -0.25) is 4.98 Å². The molecule has 0 spiro atoms. The van der Waals surface area contributed by atoms with E-state index in [2.05, 4.69) is 33.2 Å². The van der Waals surface area contributed by atoms with Crippen molar-refractivity contribution in [3.8, 4) is 5.75 Å². The molecule has 3 nitrogen and oxygen atoms in total. The van der Waals surface area contributed by atoms with Crippen LogP contribution in [0.15, 0.2) is 41.1 Å². The second kappa shape index (κ2) is 7.52. The molecule has 0 amide bonds. The van der Waals surface area contributed by atoms with Crippen LogP contribution >= 0.6 is 15.9 Å². The Morgan fingerprint density at radius 3 is 2.76 bits per heavy atom. The average Bonchev–Trinajstić information content (AvgIpc) is 2.50. The molecule has 21 heavy (non-hydrogen) atoms. The Kier molecular flexibility index (Phi) is 5.70. The van der Waals surface area contributed by atoms with E-state index >= 15 is 0 Å². The Morgan fingerprint density at radius 1 is 1.29 bits per heavy atom. The van der Waals surface area contributed by atoms with E-state index in [0.717, 1.165) is 23.3 Å². The minimum Gasteiger partial charge on any atom is -0.492 e. The summed E-state index contributed by atoms with van der Waals surface area (Å²) < 4.78 is 19.4. The zero-order chi connectivity index (χ0) is 15.2. The lowest BCUT2D eigenvalue weighted by Gasteiger charge is -2.18. The van der Waals surface area contributed by atoms with Crippen LogP contribution in [0.5, 0.6) is 5.75 Å². The van der Waals surface area contributed by atoms with Gasteiger partial charge in [-0.1, -0.05) is 13.0 Å². The molecule has 1 aromatic carbocycles. The fourth-order valence-corrected chi connectivity index (χ4v) is 2.51. The summed E-state index contributed by atoms with van der Waals surface area (Å²) in [6.45, 7) is 2.72. The molecule has 1 N–H and O–H groups in total. The van der Waals surface area contributed by atoms with Gasteiger partial charge in [0, 0.05) is 6.20 Å². The van der Waals surface area contributed by atoms with Crippen molar-refractivity contribution < 1.29 is 9.13 Å². The number of rotatable bonds is 6. The minimum atomic E-state index is -0.272. The number of nitrogens with zero attached hydrogens (tertiary/aromatic N) is 1. The van der Waals surface area contributed by atoms with E-state index < -0.39 is 0 Å². The van der Waals surface area contributed by atoms with E-state index in [1.165, 1.54) is 6.07 Å². The van der Waals surface area contributed by atoms with Crippen LogP contribution in [0.25, 0.3) is 0 Å². The molecular formula is C16H18BrFN2O. The van der Waals surface area contributed by atoms with Crippen molar-refractivity contribution in [2.24, 2.45) is 0 Å². The zero-order valence-corrected chi connectivity index (χ0v) is 13.7. The summed E-state index contributed by atoms with van der Waals surface area (Å²) in [5.41, 5.74) is 1.94. The van der Waals surface area contributed by atoms with Crippen molar-refractivity contribution in [1.82, 2.24) is 10.3 Å². The highest BCUT2D eigenvalue weighted by atomic mass is 79.9. The van der Waals surface area contributed by atoms with Gasteiger partial charge >= 0.3 is 0 Å². The Hall–Kier alpha value is -1.46. The van der Waals surface area contributed by atoms with Gasteiger partial charge in [0.1, 0.15) is 11.6 Å². The SMILES string of the molecule is CCCOc1cncc(C(NC)c2ccc(F)c(Br)c2)c1. The summed E-state index contributed by atoms with van der Waals surface area (Å²) in [7, 11) is 1.86. The molecule has 0 aliphatic heterocycles. The third-order valence-electron chi connectivity index (χ3n) is 3.11. The van der Waals surface area contributed by atoms with Gasteiger partial charge in [0.25, 0.3) is 0 Å². The third kappa shape index (κ3) is 4.02. The second-order valence-electron chi connectivity index (χ2n) is 4.70. The third-order valence-corrected chi connectivity index (χ3v) is 3.71. The van der Waals surface area contributed by atoms with Gasteiger partial charge in [0.2, 0.25) is 0 Å². The second-order valence-corrected chi connectivity index (χ2v) is 5.55. The molecule has 0 radical (unpaired) electrons. The summed E-state index contributed by atoms with van der Waals surface area (Å²) in [4.78, 5) is 4.22. The molecule has 112 valence electrons. The lowest BCUT2D eigenvalue weighted by Crippen LogP contribution is -2.18. The molecule has 2 aromatic rings. The van der Waals surface area contributed by atoms with Gasteiger partial charge < -0.3 is 10.1 Å². The highest BCUT2D eigenvalue weighted by Crippen LogP contribution is 2.27. The first-order valence-electron chi connectivity index (χ1n) is 6.85. The summed E-state index contributed by atoms with van der Waals surface area (Å²) in [6.07, 6.45) is 4.44. The Labute approximate surface area is 132 Å². The number of aromatic nitrogens is 1. The molecule has 1 aromatic heterocycles. The molecule has 0 bridgehead atoms. The van der Waals surface area contributed by atoms with Crippen molar-refractivity contribution in [3.63, 3.8) is 0 Å². The Bertz CT molecular complexity index is 607. The lowest BCUT2D eigenvalue weighted by atomic mass is 10.0. The molecule has 0 aliphatic rings. The highest BCUT2D eigenvalue weighted by Gasteiger charge is 2.14. The van der Waals surface area contributed by atoms with Gasteiger partial charge in [-0.2, -0.15) is 0 Å². The van der Waals surface area contributed by atoms with Crippen LogP contribution in [-0.4, -0.2) is 18.6 Å². The van der Waals surface area contributed by atoms with Gasteiger partial charge in [0.15, 0.2) is 0 Å². The first kappa shape index (κ1) is 15.9. The van der Waals surface area contributed by atoms with Crippen LogP contribution in [0.1, 0.15) is 30.5 Å². The standard InChI is InChI=1S/C16H18BrFN2O/c1-3-6-21-13-7-12(9-20-10-13)16(19-2)11-4-5-15(18)14(17)8-11/h4-5,7-10,16,19H,3,6H2,1-2H3. The molecule has 0 aliphatic carbocycles. The van der Waals surface area contributed by atoms with Crippen LogP contribution in [0.3, 0.4) is 0 Å². The van der Waals surface area contributed by atoms with E-state index in [4.69, 9.17) is 4.74 Å². The molecule has 2 rings (SSSR count). The van der Waals surface area contributed by atoms with Crippen LogP contribution in [-0.2, 0) is 0 Å². The van der Waals surface area contributed by atoms with E-state index in [0.29, 0.717) is 11.1 Å².